The number of hydrogen-bond acceptors (Lipinski definition) is 2. The lowest BCUT2D eigenvalue weighted by molar-refractivity contribution is -0.137. The van der Waals surface area contributed by atoms with Crippen LogP contribution >= 0.6 is 0 Å². The molecule has 0 bridgehead atoms. The van der Waals surface area contributed by atoms with Crippen molar-refractivity contribution < 1.29 is 9.90 Å². The van der Waals surface area contributed by atoms with Crippen molar-refractivity contribution in [1.29, 1.82) is 0 Å². The molecule has 0 aliphatic carbocycles. The minimum absolute atomic E-state index is 0.0816. The van der Waals surface area contributed by atoms with Gasteiger partial charge in [-0.2, -0.15) is 0 Å². The standard InChI is InChI=1S/C22H22BN3O3/c1-2-6-15(11-20(27)28)26-19-10-4-3-9-18(19)25(22(26)29)13-14-12-24-17-8-5-7-16(23)21(14)17/h3-5,7-10,12,15,24H,2,6,11,13H2,1H3,(H,27,28). The first kappa shape index (κ1) is 19.1. The Morgan fingerprint density at radius 3 is 2.66 bits per heavy atom. The van der Waals surface area contributed by atoms with Crippen LogP contribution in [0, 0.1) is 0 Å². The van der Waals surface area contributed by atoms with Gasteiger partial charge in [0.1, 0.15) is 7.85 Å². The first-order valence-electron chi connectivity index (χ1n) is 9.77. The van der Waals surface area contributed by atoms with Crippen molar-refractivity contribution in [3.8, 4) is 0 Å². The fourth-order valence-corrected chi connectivity index (χ4v) is 4.18. The number of benzene rings is 2. The molecule has 7 heteroatoms. The zero-order valence-electron chi connectivity index (χ0n) is 16.3. The van der Waals surface area contributed by atoms with Gasteiger partial charge in [-0.1, -0.05) is 43.1 Å². The molecule has 2 N–H and O–H groups in total. The minimum Gasteiger partial charge on any atom is -0.481 e. The van der Waals surface area contributed by atoms with Crippen LogP contribution in [0.25, 0.3) is 21.9 Å². The topological polar surface area (TPSA) is 80.0 Å². The van der Waals surface area contributed by atoms with E-state index in [2.05, 4.69) is 4.98 Å². The SMILES string of the molecule is [B]c1cccc2[nH]cc(Cn3c(=O)n(C(CCC)CC(=O)O)c4ccccc43)c12. The summed E-state index contributed by atoms with van der Waals surface area (Å²) in [5.74, 6) is -0.906. The Hall–Kier alpha value is -3.22. The molecule has 2 radical (unpaired) electrons. The number of para-hydroxylation sites is 2. The highest BCUT2D eigenvalue weighted by molar-refractivity contribution is 6.39. The Bertz CT molecular complexity index is 1250. The average Bonchev–Trinajstić information content (AvgIpc) is 3.22. The van der Waals surface area contributed by atoms with Gasteiger partial charge in [-0.25, -0.2) is 4.79 Å². The number of aromatic nitrogens is 3. The highest BCUT2D eigenvalue weighted by Crippen LogP contribution is 2.25. The van der Waals surface area contributed by atoms with Crippen LogP contribution in [0.2, 0.25) is 0 Å². The van der Waals surface area contributed by atoms with Gasteiger partial charge in [0.15, 0.2) is 0 Å². The molecule has 0 amide bonds. The molecule has 2 aromatic carbocycles. The van der Waals surface area contributed by atoms with E-state index in [1.165, 1.54) is 0 Å². The number of nitrogens with one attached hydrogen (secondary N) is 1. The second-order valence-electron chi connectivity index (χ2n) is 7.35. The molecule has 1 atom stereocenters. The highest BCUT2D eigenvalue weighted by atomic mass is 16.4. The normalized spacial score (nSPS) is 12.6. The van der Waals surface area contributed by atoms with E-state index < -0.39 is 5.97 Å². The van der Waals surface area contributed by atoms with Gasteiger partial charge < -0.3 is 10.1 Å². The summed E-state index contributed by atoms with van der Waals surface area (Å²) in [7, 11) is 6.18. The lowest BCUT2D eigenvalue weighted by Crippen LogP contribution is -2.29. The number of imidazole rings is 1. The zero-order valence-corrected chi connectivity index (χ0v) is 16.3. The van der Waals surface area contributed by atoms with E-state index in [0.29, 0.717) is 18.4 Å². The molecule has 2 heterocycles. The molecule has 0 spiro atoms. The molecule has 4 rings (SSSR count). The Labute approximate surface area is 169 Å². The first-order chi connectivity index (χ1) is 14.0. The Kier molecular flexibility index (Phi) is 5.05. The second-order valence-corrected chi connectivity index (χ2v) is 7.35. The maximum Gasteiger partial charge on any atom is 0.329 e. The number of carbonyl (C=O) groups is 1. The molecular weight excluding hydrogens is 365 g/mol. The fourth-order valence-electron chi connectivity index (χ4n) is 4.18. The molecule has 0 aliphatic rings. The van der Waals surface area contributed by atoms with Gasteiger partial charge in [0.25, 0.3) is 0 Å². The van der Waals surface area contributed by atoms with Gasteiger partial charge in [-0.3, -0.25) is 13.9 Å². The largest absolute Gasteiger partial charge is 0.481 e. The van der Waals surface area contributed by atoms with E-state index in [1.54, 1.807) is 9.13 Å². The Morgan fingerprint density at radius 1 is 1.17 bits per heavy atom. The van der Waals surface area contributed by atoms with Crippen LogP contribution in [-0.2, 0) is 11.3 Å². The van der Waals surface area contributed by atoms with Gasteiger partial charge in [-0.05, 0) is 35.6 Å². The third-order valence-electron chi connectivity index (χ3n) is 5.41. The van der Waals surface area contributed by atoms with Crippen molar-refractivity contribution in [2.24, 2.45) is 0 Å². The number of hydrogen-bond donors (Lipinski definition) is 2. The Balaban J connectivity index is 1.88. The van der Waals surface area contributed by atoms with Crippen LogP contribution < -0.4 is 11.2 Å². The Morgan fingerprint density at radius 2 is 1.93 bits per heavy atom. The molecule has 6 nitrogen and oxygen atoms in total. The van der Waals surface area contributed by atoms with Crippen molar-refractivity contribution in [1.82, 2.24) is 14.1 Å². The third kappa shape index (κ3) is 3.37. The van der Waals surface area contributed by atoms with Crippen molar-refractivity contribution in [2.45, 2.75) is 38.8 Å². The lowest BCUT2D eigenvalue weighted by Gasteiger charge is -2.16. The molecule has 29 heavy (non-hydrogen) atoms. The van der Waals surface area contributed by atoms with Crippen LogP contribution in [0.1, 0.15) is 37.8 Å². The van der Waals surface area contributed by atoms with E-state index in [0.717, 1.165) is 33.9 Å². The average molecular weight is 387 g/mol. The minimum atomic E-state index is -0.906. The first-order valence-corrected chi connectivity index (χ1v) is 9.77. The van der Waals surface area contributed by atoms with Crippen molar-refractivity contribution in [3.05, 3.63) is 64.7 Å². The lowest BCUT2D eigenvalue weighted by atomic mass is 9.91. The number of carboxylic acid groups (broad SMARTS) is 1. The number of fused-ring (bicyclic) bond motifs is 2. The van der Waals surface area contributed by atoms with Crippen LogP contribution in [0.15, 0.2) is 53.5 Å². The van der Waals surface area contributed by atoms with Gasteiger partial charge in [0.05, 0.1) is 24.0 Å². The van der Waals surface area contributed by atoms with E-state index >= 15 is 0 Å². The summed E-state index contributed by atoms with van der Waals surface area (Å²) in [5.41, 5.74) is 3.85. The molecule has 2 aromatic heterocycles. The third-order valence-corrected chi connectivity index (χ3v) is 5.41. The summed E-state index contributed by atoms with van der Waals surface area (Å²) in [6, 6.07) is 12.8. The summed E-state index contributed by atoms with van der Waals surface area (Å²) in [5, 5.41) is 10.3. The van der Waals surface area contributed by atoms with Gasteiger partial charge in [0.2, 0.25) is 0 Å². The molecular formula is C22H22BN3O3. The monoisotopic (exact) mass is 387 g/mol. The van der Waals surface area contributed by atoms with Crippen LogP contribution in [0.3, 0.4) is 0 Å². The van der Waals surface area contributed by atoms with Crippen LogP contribution in [0.4, 0.5) is 0 Å². The maximum atomic E-state index is 13.4. The molecule has 0 aliphatic heterocycles. The predicted octanol–water partition coefficient (Wildman–Crippen LogP) is 2.94. The fraction of sp³-hybridized carbons (Fsp3) is 0.273. The zero-order chi connectivity index (χ0) is 20.5. The van der Waals surface area contributed by atoms with Crippen molar-refractivity contribution >= 4 is 41.2 Å². The second kappa shape index (κ2) is 7.66. The summed E-state index contributed by atoms with van der Waals surface area (Å²) in [4.78, 5) is 28.0. The number of aliphatic carboxylic acids is 1. The van der Waals surface area contributed by atoms with E-state index in [9.17, 15) is 14.7 Å². The van der Waals surface area contributed by atoms with E-state index in [4.69, 9.17) is 7.85 Å². The summed E-state index contributed by atoms with van der Waals surface area (Å²) in [6.45, 7) is 2.35. The van der Waals surface area contributed by atoms with Crippen molar-refractivity contribution in [2.75, 3.05) is 0 Å². The number of nitrogens with zero attached hydrogens (tertiary/aromatic N) is 2. The molecule has 0 fully saturated rings. The van der Waals surface area contributed by atoms with Crippen LogP contribution in [-0.4, -0.2) is 33.0 Å². The smallest absolute Gasteiger partial charge is 0.329 e. The molecule has 4 aromatic rings. The number of H-pyrrole nitrogens is 1. The molecule has 146 valence electrons. The van der Waals surface area contributed by atoms with Crippen molar-refractivity contribution in [3.63, 3.8) is 0 Å². The maximum absolute atomic E-state index is 13.4. The quantitative estimate of drug-likeness (QED) is 0.479. The van der Waals surface area contributed by atoms with Gasteiger partial charge >= 0.3 is 11.7 Å². The van der Waals surface area contributed by atoms with Gasteiger partial charge in [0, 0.05) is 17.8 Å². The number of rotatable bonds is 7. The van der Waals surface area contributed by atoms with E-state index in [-0.39, 0.29) is 18.2 Å². The summed E-state index contributed by atoms with van der Waals surface area (Å²) >= 11 is 0. The highest BCUT2D eigenvalue weighted by Gasteiger charge is 2.22. The molecule has 1 unspecified atom stereocenters. The molecule has 0 saturated heterocycles. The number of aromatic amines is 1. The predicted molar refractivity (Wildman–Crippen MR) is 115 cm³/mol. The summed E-state index contributed by atoms with van der Waals surface area (Å²) in [6.07, 6.45) is 3.21. The summed E-state index contributed by atoms with van der Waals surface area (Å²) < 4.78 is 3.35. The van der Waals surface area contributed by atoms with E-state index in [1.807, 2.05) is 55.6 Å². The van der Waals surface area contributed by atoms with Crippen LogP contribution in [0.5, 0.6) is 0 Å². The number of carboxylic acids is 1. The molecule has 0 saturated carbocycles. The van der Waals surface area contributed by atoms with Gasteiger partial charge in [-0.15, -0.1) is 0 Å².